The predicted octanol–water partition coefficient (Wildman–Crippen LogP) is 2.17. The monoisotopic (exact) mass is 243 g/mol. The summed E-state index contributed by atoms with van der Waals surface area (Å²) in [5, 5.41) is 0. The van der Waals surface area contributed by atoms with Crippen molar-refractivity contribution in [2.24, 2.45) is 0 Å². The van der Waals surface area contributed by atoms with Gasteiger partial charge < -0.3 is 9.64 Å². The van der Waals surface area contributed by atoms with Crippen LogP contribution in [-0.2, 0) is 4.74 Å². The lowest BCUT2D eigenvalue weighted by Crippen LogP contribution is -2.37. The minimum Gasteiger partial charge on any atom is -0.378 e. The Hall–Kier alpha value is -0.850. The van der Waals surface area contributed by atoms with Crippen LogP contribution in [0.5, 0.6) is 0 Å². The van der Waals surface area contributed by atoms with E-state index in [0.717, 1.165) is 0 Å². The Morgan fingerprint density at radius 1 is 1.06 bits per heavy atom. The second kappa shape index (κ2) is 3.58. The maximum atomic E-state index is 13.2. The number of alkyl halides is 4. The van der Waals surface area contributed by atoms with E-state index in [1.165, 1.54) is 4.90 Å². The zero-order valence-corrected chi connectivity index (χ0v) is 8.28. The van der Waals surface area contributed by atoms with Crippen molar-refractivity contribution in [3.8, 4) is 0 Å². The van der Waals surface area contributed by atoms with Crippen molar-refractivity contribution in [2.75, 3.05) is 26.3 Å². The van der Waals surface area contributed by atoms with Crippen molar-refractivity contribution >= 4 is 0 Å². The van der Waals surface area contributed by atoms with Crippen molar-refractivity contribution in [3.63, 3.8) is 0 Å². The number of hydrogen-bond donors (Lipinski definition) is 0. The number of halogens is 5. The van der Waals surface area contributed by atoms with Crippen LogP contribution in [0.15, 0.2) is 11.5 Å². The third kappa shape index (κ3) is 1.57. The molecule has 0 N–H and O–H groups in total. The summed E-state index contributed by atoms with van der Waals surface area (Å²) < 4.78 is 69.7. The third-order valence-corrected chi connectivity index (χ3v) is 2.77. The number of rotatable bonds is 1. The van der Waals surface area contributed by atoms with Gasteiger partial charge in [-0.05, 0) is 0 Å². The van der Waals surface area contributed by atoms with E-state index < -0.39 is 29.8 Å². The quantitative estimate of drug-likeness (QED) is 0.654. The molecule has 7 heteroatoms. The van der Waals surface area contributed by atoms with Crippen molar-refractivity contribution in [2.45, 2.75) is 18.3 Å². The smallest absolute Gasteiger partial charge is 0.362 e. The first-order chi connectivity index (χ1) is 7.36. The fourth-order valence-corrected chi connectivity index (χ4v) is 1.82. The van der Waals surface area contributed by atoms with Crippen LogP contribution in [0.2, 0.25) is 0 Å². The van der Waals surface area contributed by atoms with E-state index >= 15 is 0 Å². The van der Waals surface area contributed by atoms with Gasteiger partial charge in [0.2, 0.25) is 0 Å². The Balaban J connectivity index is 2.25. The largest absolute Gasteiger partial charge is 0.378 e. The Bertz CT molecular complexity index is 322. The van der Waals surface area contributed by atoms with Gasteiger partial charge in [0.05, 0.1) is 25.3 Å². The third-order valence-electron chi connectivity index (χ3n) is 2.77. The first kappa shape index (κ1) is 11.6. The molecule has 2 nitrogen and oxygen atoms in total. The van der Waals surface area contributed by atoms with E-state index in [2.05, 4.69) is 0 Å². The van der Waals surface area contributed by atoms with E-state index in [1.54, 1.807) is 0 Å². The van der Waals surface area contributed by atoms with Gasteiger partial charge in [-0.15, -0.1) is 0 Å². The minimum atomic E-state index is -4.68. The highest BCUT2D eigenvalue weighted by atomic mass is 19.3. The molecule has 0 unspecified atom stereocenters. The van der Waals surface area contributed by atoms with Crippen LogP contribution >= 0.6 is 0 Å². The summed E-state index contributed by atoms with van der Waals surface area (Å²) in [7, 11) is 0. The SMILES string of the molecule is FC1=C(N2CCOCC2)CC(F)(F)C1(F)F. The predicted molar refractivity (Wildman–Crippen MR) is 45.0 cm³/mol. The van der Waals surface area contributed by atoms with E-state index in [1.807, 2.05) is 0 Å². The molecule has 1 saturated heterocycles. The molecule has 2 rings (SSSR count). The van der Waals surface area contributed by atoms with Crippen molar-refractivity contribution in [3.05, 3.63) is 11.5 Å². The molecule has 0 bridgehead atoms. The molecule has 0 saturated carbocycles. The molecule has 0 amide bonds. The van der Waals surface area contributed by atoms with Gasteiger partial charge in [0.15, 0.2) is 5.83 Å². The fourth-order valence-electron chi connectivity index (χ4n) is 1.82. The van der Waals surface area contributed by atoms with Gasteiger partial charge in [-0.25, -0.2) is 4.39 Å². The van der Waals surface area contributed by atoms with Crippen molar-refractivity contribution < 1.29 is 26.7 Å². The average molecular weight is 243 g/mol. The number of hydrogen-bond acceptors (Lipinski definition) is 2. The highest BCUT2D eigenvalue weighted by molar-refractivity contribution is 5.27. The Morgan fingerprint density at radius 2 is 1.62 bits per heavy atom. The lowest BCUT2D eigenvalue weighted by molar-refractivity contribution is -0.181. The van der Waals surface area contributed by atoms with Gasteiger partial charge in [0.25, 0.3) is 0 Å². The summed E-state index contributed by atoms with van der Waals surface area (Å²) in [6.45, 7) is 0.783. The summed E-state index contributed by atoms with van der Waals surface area (Å²) in [6, 6.07) is 0. The lowest BCUT2D eigenvalue weighted by Gasteiger charge is -2.29. The maximum absolute atomic E-state index is 13.2. The average Bonchev–Trinajstić information content (AvgIpc) is 2.40. The molecule has 1 heterocycles. The zero-order valence-electron chi connectivity index (χ0n) is 8.28. The van der Waals surface area contributed by atoms with E-state index in [-0.39, 0.29) is 26.3 Å². The summed E-state index contributed by atoms with van der Waals surface area (Å²) in [5.41, 5.74) is -0.585. The number of morpholine rings is 1. The molecule has 0 atom stereocenters. The lowest BCUT2D eigenvalue weighted by atomic mass is 10.2. The van der Waals surface area contributed by atoms with E-state index in [9.17, 15) is 22.0 Å². The van der Waals surface area contributed by atoms with Gasteiger partial charge in [-0.1, -0.05) is 0 Å². The molecule has 16 heavy (non-hydrogen) atoms. The molecule has 0 radical (unpaired) electrons. The topological polar surface area (TPSA) is 12.5 Å². The summed E-state index contributed by atoms with van der Waals surface area (Å²) >= 11 is 0. The van der Waals surface area contributed by atoms with Crippen LogP contribution in [0.3, 0.4) is 0 Å². The zero-order chi connectivity index (χ0) is 12.0. The molecule has 92 valence electrons. The molecule has 0 spiro atoms. The van der Waals surface area contributed by atoms with Gasteiger partial charge in [0, 0.05) is 13.1 Å². The Labute approximate surface area is 88.7 Å². The first-order valence-electron chi connectivity index (χ1n) is 4.84. The normalized spacial score (nSPS) is 28.7. The van der Waals surface area contributed by atoms with Crippen LogP contribution in [0.25, 0.3) is 0 Å². The fraction of sp³-hybridized carbons (Fsp3) is 0.778. The molecular formula is C9H10F5NO. The highest BCUT2D eigenvalue weighted by Crippen LogP contribution is 2.52. The van der Waals surface area contributed by atoms with Crippen LogP contribution in [0, 0.1) is 0 Å². The van der Waals surface area contributed by atoms with Gasteiger partial charge >= 0.3 is 11.8 Å². The summed E-state index contributed by atoms with van der Waals surface area (Å²) in [4.78, 5) is 1.20. The van der Waals surface area contributed by atoms with Gasteiger partial charge in [-0.2, -0.15) is 17.6 Å². The molecule has 0 aromatic carbocycles. The highest BCUT2D eigenvalue weighted by Gasteiger charge is 2.66. The molecule has 1 fully saturated rings. The van der Waals surface area contributed by atoms with E-state index in [4.69, 9.17) is 4.74 Å². The van der Waals surface area contributed by atoms with Gasteiger partial charge in [0.1, 0.15) is 0 Å². The molecule has 1 aliphatic heterocycles. The second-order valence-corrected chi connectivity index (χ2v) is 3.82. The minimum absolute atomic E-state index is 0.162. The van der Waals surface area contributed by atoms with Crippen LogP contribution < -0.4 is 0 Å². The second-order valence-electron chi connectivity index (χ2n) is 3.82. The summed E-state index contributed by atoms with van der Waals surface area (Å²) in [6.07, 6.45) is -1.24. The molecule has 0 aromatic heterocycles. The number of allylic oxidation sites excluding steroid dienone is 2. The number of nitrogens with zero attached hydrogens (tertiary/aromatic N) is 1. The van der Waals surface area contributed by atoms with Crippen molar-refractivity contribution in [1.29, 1.82) is 0 Å². The first-order valence-corrected chi connectivity index (χ1v) is 4.84. The Morgan fingerprint density at radius 3 is 2.06 bits per heavy atom. The molecule has 1 aliphatic carbocycles. The summed E-state index contributed by atoms with van der Waals surface area (Å²) in [5.74, 6) is -11.0. The number of ether oxygens (including phenoxy) is 1. The molecule has 2 aliphatic rings. The standard InChI is InChI=1S/C9H10F5NO/c10-7-6(15-1-3-16-4-2-15)5-8(11,12)9(7,13)14/h1-5H2. The van der Waals surface area contributed by atoms with Crippen LogP contribution in [0.4, 0.5) is 22.0 Å². The maximum Gasteiger partial charge on any atom is 0.362 e. The molecule has 0 aromatic rings. The van der Waals surface area contributed by atoms with Gasteiger partial charge in [-0.3, -0.25) is 0 Å². The van der Waals surface area contributed by atoms with Crippen LogP contribution in [-0.4, -0.2) is 43.0 Å². The van der Waals surface area contributed by atoms with Crippen LogP contribution in [0.1, 0.15) is 6.42 Å². The Kier molecular flexibility index (Phi) is 2.60. The van der Waals surface area contributed by atoms with Crippen molar-refractivity contribution in [1.82, 2.24) is 4.90 Å². The molecular weight excluding hydrogens is 233 g/mol. The van der Waals surface area contributed by atoms with E-state index in [0.29, 0.717) is 0 Å².